The van der Waals surface area contributed by atoms with Crippen molar-refractivity contribution in [2.24, 2.45) is 5.92 Å². The van der Waals surface area contributed by atoms with Crippen LogP contribution in [0.15, 0.2) is 35.9 Å². The minimum Gasteiger partial charge on any atom is -0.462 e. The van der Waals surface area contributed by atoms with Crippen LogP contribution in [0.5, 0.6) is 0 Å². The normalized spacial score (nSPS) is 12.6. The van der Waals surface area contributed by atoms with Crippen molar-refractivity contribution in [1.29, 1.82) is 0 Å². The molecule has 1 rings (SSSR count). The number of hydrogen-bond acceptors (Lipinski definition) is 2. The van der Waals surface area contributed by atoms with Crippen molar-refractivity contribution < 1.29 is 22.7 Å². The van der Waals surface area contributed by atoms with Crippen molar-refractivity contribution in [2.75, 3.05) is 6.61 Å². The van der Waals surface area contributed by atoms with Gasteiger partial charge >= 0.3 is 12.1 Å². The van der Waals surface area contributed by atoms with Gasteiger partial charge in [-0.15, -0.1) is 0 Å². The van der Waals surface area contributed by atoms with Gasteiger partial charge in [-0.05, 0) is 17.6 Å². The van der Waals surface area contributed by atoms with Crippen molar-refractivity contribution >= 4 is 12.0 Å². The van der Waals surface area contributed by atoms with Gasteiger partial charge in [-0.3, -0.25) is 0 Å². The van der Waals surface area contributed by atoms with E-state index in [-0.39, 0.29) is 12.5 Å². The Morgan fingerprint density at radius 3 is 2.32 bits per heavy atom. The van der Waals surface area contributed by atoms with Gasteiger partial charge in [-0.1, -0.05) is 44.2 Å². The third kappa shape index (κ3) is 5.16. The van der Waals surface area contributed by atoms with E-state index in [1.165, 1.54) is 12.1 Å². The lowest BCUT2D eigenvalue weighted by Gasteiger charge is -2.12. The van der Waals surface area contributed by atoms with E-state index in [2.05, 4.69) is 4.74 Å². The van der Waals surface area contributed by atoms with Gasteiger partial charge in [0.05, 0.1) is 6.61 Å². The number of rotatable bonds is 4. The van der Waals surface area contributed by atoms with Gasteiger partial charge in [0, 0.05) is 0 Å². The third-order valence-electron chi connectivity index (χ3n) is 2.18. The summed E-state index contributed by atoms with van der Waals surface area (Å²) >= 11 is 0. The summed E-state index contributed by atoms with van der Waals surface area (Å²) < 4.78 is 43.1. The molecule has 0 atom stereocenters. The van der Waals surface area contributed by atoms with E-state index in [1.54, 1.807) is 32.0 Å². The lowest BCUT2D eigenvalue weighted by molar-refractivity contribution is -0.151. The van der Waals surface area contributed by atoms with Crippen LogP contribution in [0, 0.1) is 5.92 Å². The Hall–Kier alpha value is -1.78. The van der Waals surface area contributed by atoms with Gasteiger partial charge in [-0.25, -0.2) is 4.79 Å². The van der Waals surface area contributed by atoms with Crippen molar-refractivity contribution in [1.82, 2.24) is 0 Å². The second kappa shape index (κ2) is 6.41. The molecule has 0 saturated carbocycles. The zero-order valence-electron chi connectivity index (χ0n) is 10.7. The molecular weight excluding hydrogens is 257 g/mol. The Kier molecular flexibility index (Phi) is 5.15. The Balaban J connectivity index is 2.96. The van der Waals surface area contributed by atoms with Crippen LogP contribution in [-0.2, 0) is 9.53 Å². The SMILES string of the molecule is CC(C)COC(=O)/C(=C\c1ccccc1)C(F)(F)F. The highest BCUT2D eigenvalue weighted by molar-refractivity contribution is 5.95. The summed E-state index contributed by atoms with van der Waals surface area (Å²) in [6.07, 6.45) is -3.94. The van der Waals surface area contributed by atoms with Gasteiger partial charge in [-0.2, -0.15) is 13.2 Å². The lowest BCUT2D eigenvalue weighted by Crippen LogP contribution is -2.23. The number of carbonyl (C=O) groups excluding carboxylic acids is 1. The number of benzene rings is 1. The van der Waals surface area contributed by atoms with Crippen LogP contribution in [0.4, 0.5) is 13.2 Å². The van der Waals surface area contributed by atoms with Crippen molar-refractivity contribution in [3.05, 3.63) is 41.5 Å². The maximum Gasteiger partial charge on any atom is 0.423 e. The molecule has 19 heavy (non-hydrogen) atoms. The predicted octanol–water partition coefficient (Wildman–Crippen LogP) is 3.83. The molecule has 0 bridgehead atoms. The molecule has 5 heteroatoms. The van der Waals surface area contributed by atoms with Crippen molar-refractivity contribution in [2.45, 2.75) is 20.0 Å². The molecule has 0 aliphatic heterocycles. The van der Waals surface area contributed by atoms with E-state index < -0.39 is 17.7 Å². The number of carbonyl (C=O) groups is 1. The summed E-state index contributed by atoms with van der Waals surface area (Å²) in [5, 5.41) is 0. The standard InChI is InChI=1S/C14H15F3O2/c1-10(2)9-19-13(18)12(14(15,16)17)8-11-6-4-3-5-7-11/h3-8,10H,9H2,1-2H3/b12-8+. The highest BCUT2D eigenvalue weighted by Crippen LogP contribution is 2.28. The molecule has 1 aromatic carbocycles. The van der Waals surface area contributed by atoms with E-state index in [4.69, 9.17) is 0 Å². The molecule has 1 aromatic rings. The van der Waals surface area contributed by atoms with Crippen LogP contribution in [0.25, 0.3) is 6.08 Å². The summed E-state index contributed by atoms with van der Waals surface area (Å²) in [5.41, 5.74) is -0.990. The number of esters is 1. The van der Waals surface area contributed by atoms with E-state index >= 15 is 0 Å². The van der Waals surface area contributed by atoms with Crippen LogP contribution in [-0.4, -0.2) is 18.8 Å². The Labute approximate surface area is 109 Å². The first-order chi connectivity index (χ1) is 8.80. The van der Waals surface area contributed by atoms with E-state index in [1.807, 2.05) is 0 Å². The quantitative estimate of drug-likeness (QED) is 0.615. The number of halogens is 3. The number of hydrogen-bond donors (Lipinski definition) is 0. The molecule has 0 heterocycles. The van der Waals surface area contributed by atoms with Crippen LogP contribution in [0.1, 0.15) is 19.4 Å². The van der Waals surface area contributed by atoms with Crippen LogP contribution < -0.4 is 0 Å². The first-order valence-electron chi connectivity index (χ1n) is 5.81. The first-order valence-corrected chi connectivity index (χ1v) is 5.81. The average molecular weight is 272 g/mol. The average Bonchev–Trinajstić information content (AvgIpc) is 2.33. The Morgan fingerprint density at radius 1 is 1.26 bits per heavy atom. The highest BCUT2D eigenvalue weighted by Gasteiger charge is 2.39. The summed E-state index contributed by atoms with van der Waals surface area (Å²) in [5.74, 6) is -1.36. The molecule has 0 radical (unpaired) electrons. The number of ether oxygens (including phenoxy) is 1. The Bertz CT molecular complexity index is 448. The smallest absolute Gasteiger partial charge is 0.423 e. The van der Waals surface area contributed by atoms with Crippen molar-refractivity contribution in [3.8, 4) is 0 Å². The number of alkyl halides is 3. The molecule has 104 valence electrons. The summed E-state index contributed by atoms with van der Waals surface area (Å²) in [6, 6.07) is 7.85. The summed E-state index contributed by atoms with van der Waals surface area (Å²) in [7, 11) is 0. The summed E-state index contributed by atoms with van der Waals surface area (Å²) in [6.45, 7) is 3.46. The van der Waals surface area contributed by atoms with Crippen LogP contribution in [0.2, 0.25) is 0 Å². The molecule has 0 spiro atoms. The topological polar surface area (TPSA) is 26.3 Å². The molecule has 2 nitrogen and oxygen atoms in total. The second-order valence-corrected chi connectivity index (χ2v) is 4.46. The van der Waals surface area contributed by atoms with E-state index in [0.717, 1.165) is 6.08 Å². The van der Waals surface area contributed by atoms with Gasteiger partial charge in [0.15, 0.2) is 0 Å². The maximum absolute atomic E-state index is 12.8. The van der Waals surface area contributed by atoms with Crippen LogP contribution >= 0.6 is 0 Å². The molecule has 0 aliphatic carbocycles. The van der Waals surface area contributed by atoms with Crippen LogP contribution in [0.3, 0.4) is 0 Å². The molecule has 0 saturated heterocycles. The zero-order chi connectivity index (χ0) is 14.5. The fourth-order valence-corrected chi connectivity index (χ4v) is 1.29. The molecule has 0 amide bonds. The molecule has 0 unspecified atom stereocenters. The minimum atomic E-state index is -4.73. The van der Waals surface area contributed by atoms with Gasteiger partial charge in [0.25, 0.3) is 0 Å². The molecule has 0 aliphatic rings. The zero-order valence-corrected chi connectivity index (χ0v) is 10.7. The van der Waals surface area contributed by atoms with E-state index in [9.17, 15) is 18.0 Å². The molecule has 0 aromatic heterocycles. The second-order valence-electron chi connectivity index (χ2n) is 4.46. The molecular formula is C14H15F3O2. The van der Waals surface area contributed by atoms with Crippen molar-refractivity contribution in [3.63, 3.8) is 0 Å². The maximum atomic E-state index is 12.8. The fraction of sp³-hybridized carbons (Fsp3) is 0.357. The first kappa shape index (κ1) is 15.3. The predicted molar refractivity (Wildman–Crippen MR) is 66.3 cm³/mol. The summed E-state index contributed by atoms with van der Waals surface area (Å²) in [4.78, 5) is 11.5. The minimum absolute atomic E-state index is 0.0184. The van der Waals surface area contributed by atoms with Gasteiger partial charge in [0.1, 0.15) is 5.57 Å². The van der Waals surface area contributed by atoms with Gasteiger partial charge < -0.3 is 4.74 Å². The highest BCUT2D eigenvalue weighted by atomic mass is 19.4. The Morgan fingerprint density at radius 2 is 1.84 bits per heavy atom. The van der Waals surface area contributed by atoms with E-state index in [0.29, 0.717) is 5.56 Å². The molecule has 0 N–H and O–H groups in total. The lowest BCUT2D eigenvalue weighted by atomic mass is 10.1. The third-order valence-corrected chi connectivity index (χ3v) is 2.18. The largest absolute Gasteiger partial charge is 0.462 e. The molecule has 0 fully saturated rings. The monoisotopic (exact) mass is 272 g/mol. The fourth-order valence-electron chi connectivity index (χ4n) is 1.29. The van der Waals surface area contributed by atoms with Gasteiger partial charge in [0.2, 0.25) is 0 Å².